The number of fused-ring (bicyclic) bond motifs is 15. The van der Waals surface area contributed by atoms with Crippen LogP contribution in [0.5, 0.6) is 51.7 Å². The van der Waals surface area contributed by atoms with Crippen molar-refractivity contribution in [3.8, 4) is 62.9 Å². The number of aliphatic hydroxyl groups is 5. The summed E-state index contributed by atoms with van der Waals surface area (Å²) in [6.07, 6.45) is -10.6. The first-order valence-electron chi connectivity index (χ1n) is 37.0. The lowest BCUT2D eigenvalue weighted by Gasteiger charge is -2.54. The van der Waals surface area contributed by atoms with E-state index in [9.17, 15) is 58.9 Å². The molecule has 8 amide bonds. The third-order valence-corrected chi connectivity index (χ3v) is 23.7. The SMILES string of the molecule is CN[C@H](CC(C)C)C(=O)N[C@H]1C(=O)N[C@@H](CC(=O)NS(=O)(=O)c2ccc(OCCN)cc2)C(=O)N[C@H]2C(=O)N[C@H]3C(=O)N[C@H](C(=O)N[C@H](C(=O)NC4C5CC6CC(C5)CC4C6)c4cc(O)cc(O)c4-c4cc3ccc4O)[C@H](O)c3ccc(c(Cl)c3)Oc3cc2cc(c3O[C@@H]2O[C@H](CN)[C@@H](O)[C@H](O)[C@H]2O)Oc2ccc(cc2Cl)[C@H]1O. The Morgan fingerprint density at radius 3 is 1.84 bits per heavy atom. The largest absolute Gasteiger partial charge is 0.508 e. The standard InChI is InChI=1S/C77H87Cl2N11O23S/c1-31(2)16-47(82-3)70(100)88-62-64(95)35-5-12-51(45(78)23-35)110-53-25-39-26-54(69(53)113-77-68(99)67(98)66(97)55(30-81)112-77)111-52-13-6-36(24-46(52)79)65(96)63-76(106)87-61(74(104)84-58-37-18-32-17-33(20-37)21-38(58)19-32)44-27-40(91)28-50(93)57(44)43-22-34(4-11-49(43)92)59(72(102)89-63)86-73(103)60(39)85-71(101)48(83-75(62)105)29-56(94)90-114(107,108)42-9-7-41(8-10-42)109-15-14-80/h4-13,22-28,31-33,37-38,47-48,55,58-68,77,82,91-93,95-99H,14-21,29-30,80-81H2,1-3H3,(H,83,105)(H,84,104)(H,85,101)(H,86,103)(H,87,106)(H,88,100)(H,89,102)(H,90,94)/t32?,33?,37?,38?,47-,48+,55-,58?,59-,60-,61+,62-,63+,64-,65-,66-,67+,68-,77+/m1/s1. The van der Waals surface area contributed by atoms with Crippen molar-refractivity contribution >= 4 is 80.5 Å². The number of carbonyl (C=O) groups excluding carboxylic acids is 8. The Morgan fingerprint density at radius 1 is 0.632 bits per heavy atom. The van der Waals surface area contributed by atoms with E-state index in [2.05, 4.69) is 42.5 Å². The lowest BCUT2D eigenvalue weighted by Crippen LogP contribution is -2.60. The van der Waals surface area contributed by atoms with Crippen LogP contribution in [0.3, 0.4) is 0 Å². The van der Waals surface area contributed by atoms with Gasteiger partial charge in [0.25, 0.3) is 10.0 Å². The van der Waals surface area contributed by atoms with Crippen LogP contribution in [0, 0.1) is 29.6 Å². The first kappa shape index (κ1) is 81.9. The molecule has 10 aliphatic rings. The Kier molecular flexibility index (Phi) is 24.2. The highest BCUT2D eigenvalue weighted by Gasteiger charge is 2.51. The number of sulfonamides is 1. The molecule has 6 aromatic carbocycles. The maximum atomic E-state index is 16.4. The van der Waals surface area contributed by atoms with Gasteiger partial charge >= 0.3 is 0 Å². The van der Waals surface area contributed by atoms with Gasteiger partial charge in [-0.3, -0.25) is 38.4 Å². The molecule has 5 fully saturated rings. The van der Waals surface area contributed by atoms with Crippen LogP contribution in [0.25, 0.3) is 11.1 Å². The van der Waals surface area contributed by atoms with E-state index < -0.39 is 205 Å². The van der Waals surface area contributed by atoms with E-state index in [4.69, 9.17) is 58.4 Å². The summed E-state index contributed by atoms with van der Waals surface area (Å²) < 4.78 is 61.1. The van der Waals surface area contributed by atoms with Crippen molar-refractivity contribution in [1.29, 1.82) is 0 Å². The Morgan fingerprint density at radius 2 is 1.24 bits per heavy atom. The molecule has 114 heavy (non-hydrogen) atoms. The third kappa shape index (κ3) is 17.1. The summed E-state index contributed by atoms with van der Waals surface area (Å²) in [7, 11) is -3.44. The summed E-state index contributed by atoms with van der Waals surface area (Å²) in [6, 6.07) is 4.12. The molecule has 4 saturated carbocycles. The van der Waals surface area contributed by atoms with Gasteiger partial charge in [-0.1, -0.05) is 55.2 Å². The monoisotopic (exact) mass is 1640 g/mol. The number of nitrogens with two attached hydrogens (primary N) is 2. The van der Waals surface area contributed by atoms with Gasteiger partial charge in [-0.05, 0) is 182 Å². The van der Waals surface area contributed by atoms with Gasteiger partial charge in [0.15, 0.2) is 11.5 Å². The van der Waals surface area contributed by atoms with Crippen molar-refractivity contribution in [3.05, 3.63) is 141 Å². The summed E-state index contributed by atoms with van der Waals surface area (Å²) >= 11 is 14.2. The zero-order chi connectivity index (χ0) is 81.6. The molecule has 34 nitrogen and oxygen atoms in total. The molecule has 0 unspecified atom stereocenters. The van der Waals surface area contributed by atoms with Crippen LogP contribution in [0.1, 0.15) is 117 Å². The highest BCUT2D eigenvalue weighted by Crippen LogP contribution is 2.55. The van der Waals surface area contributed by atoms with E-state index in [0.29, 0.717) is 11.8 Å². The zero-order valence-corrected chi connectivity index (χ0v) is 63.8. The average Bonchev–Trinajstić information content (AvgIpc) is 0.763. The van der Waals surface area contributed by atoms with Crippen molar-refractivity contribution in [3.63, 3.8) is 0 Å². The van der Waals surface area contributed by atoms with Crippen LogP contribution in [-0.2, 0) is 53.1 Å². The summed E-state index contributed by atoms with van der Waals surface area (Å²) in [5, 5.41) is 115. The topological polar surface area (TPSA) is 539 Å². The van der Waals surface area contributed by atoms with Gasteiger partial charge in [0.2, 0.25) is 59.3 Å². The Labute approximate surface area is 662 Å². The molecule has 21 N–H and O–H groups in total. The third-order valence-electron chi connectivity index (χ3n) is 21.8. The van der Waals surface area contributed by atoms with Gasteiger partial charge in [0.05, 0.1) is 27.4 Å². The van der Waals surface area contributed by atoms with Crippen molar-refractivity contribution in [2.75, 3.05) is 26.7 Å². The maximum Gasteiger partial charge on any atom is 0.264 e. The van der Waals surface area contributed by atoms with Gasteiger partial charge < -0.3 is 119 Å². The molecule has 0 radical (unpaired) electrons. The number of aromatic hydroxyl groups is 3. The molecule has 0 spiro atoms. The molecule has 16 rings (SSSR count). The number of hydrogen-bond acceptors (Lipinski definition) is 26. The molecule has 1 saturated heterocycles. The van der Waals surface area contributed by atoms with Gasteiger partial charge in [0.1, 0.15) is 114 Å². The smallest absolute Gasteiger partial charge is 0.264 e. The van der Waals surface area contributed by atoms with E-state index in [-0.39, 0.29) is 99.0 Å². The van der Waals surface area contributed by atoms with Crippen molar-refractivity contribution in [1.82, 2.24) is 47.3 Å². The van der Waals surface area contributed by atoms with E-state index in [0.717, 1.165) is 105 Å². The number of rotatable bonds is 17. The summed E-state index contributed by atoms with van der Waals surface area (Å²) in [5.74, 6) is -13.9. The summed E-state index contributed by atoms with van der Waals surface area (Å²) in [5.41, 5.74) is 9.23. The molecule has 37 heteroatoms. The van der Waals surface area contributed by atoms with Gasteiger partial charge in [-0.25, -0.2) is 13.1 Å². The summed E-state index contributed by atoms with van der Waals surface area (Å²) in [4.78, 5) is 123. The summed E-state index contributed by atoms with van der Waals surface area (Å²) in [6.45, 7) is 3.29. The highest BCUT2D eigenvalue weighted by molar-refractivity contribution is 7.90. The quantitative estimate of drug-likeness (QED) is 0.0621. The fourth-order valence-corrected chi connectivity index (χ4v) is 17.8. The number of phenolic OH excluding ortho intramolecular Hbond substituents is 3. The van der Waals surface area contributed by atoms with Crippen LogP contribution in [0.15, 0.2) is 108 Å². The minimum Gasteiger partial charge on any atom is -0.508 e. The first-order chi connectivity index (χ1) is 54.3. The first-order valence-corrected chi connectivity index (χ1v) is 39.2. The molecule has 4 aliphatic carbocycles. The molecule has 6 aliphatic heterocycles. The maximum absolute atomic E-state index is 16.4. The van der Waals surface area contributed by atoms with Crippen LogP contribution in [-0.4, -0.2) is 184 Å². The molecule has 0 aromatic heterocycles. The zero-order valence-electron chi connectivity index (χ0n) is 61.5. The fraction of sp³-hybridized carbons (Fsp3) is 0.429. The number of amides is 8. The molecule has 608 valence electrons. The van der Waals surface area contributed by atoms with Gasteiger partial charge in [-0.2, -0.15) is 0 Å². The van der Waals surface area contributed by atoms with Gasteiger partial charge in [0, 0.05) is 36.3 Å². The molecule has 15 bridgehead atoms. The number of carbonyl (C=O) groups is 8. The number of aliphatic hydroxyl groups excluding tert-OH is 5. The number of halogens is 2. The molecule has 6 heterocycles. The van der Waals surface area contributed by atoms with E-state index in [1.165, 1.54) is 37.4 Å². The second-order valence-corrected chi connectivity index (χ2v) is 32.5. The highest BCUT2D eigenvalue weighted by atomic mass is 35.5. The molecule has 14 atom stereocenters. The second-order valence-electron chi connectivity index (χ2n) is 30.0. The predicted octanol–water partition coefficient (Wildman–Crippen LogP) is 2.05. The minimum atomic E-state index is -4.90. The van der Waals surface area contributed by atoms with Crippen LogP contribution < -0.4 is 77.7 Å². The predicted molar refractivity (Wildman–Crippen MR) is 403 cm³/mol. The number of hydrogen-bond donors (Lipinski definition) is 19. The van der Waals surface area contributed by atoms with E-state index in [1.807, 2.05) is 4.72 Å². The number of ether oxygens (including phenoxy) is 5. The van der Waals surface area contributed by atoms with Crippen LogP contribution in [0.4, 0.5) is 0 Å². The van der Waals surface area contributed by atoms with Gasteiger partial charge in [-0.15, -0.1) is 0 Å². The average molecular weight is 1640 g/mol. The van der Waals surface area contributed by atoms with Crippen molar-refractivity contribution in [2.45, 2.75) is 155 Å². The Balaban J connectivity index is 1.00. The molecular weight excluding hydrogens is 1550 g/mol. The normalized spacial score (nSPS) is 28.2. The number of benzene rings is 6. The fourth-order valence-electron chi connectivity index (χ4n) is 16.3. The van der Waals surface area contributed by atoms with E-state index in [1.54, 1.807) is 13.8 Å². The molecule has 6 aromatic rings. The van der Waals surface area contributed by atoms with Crippen molar-refractivity contribution < 1.29 is 111 Å². The van der Waals surface area contributed by atoms with Crippen molar-refractivity contribution in [2.24, 2.45) is 41.1 Å². The number of phenols is 3. The Hall–Kier alpha value is -10.2. The molecular formula is C77H87Cl2N11O23S. The number of likely N-dealkylation sites (N-methyl/N-ethyl adjacent to an activating group) is 1. The van der Waals surface area contributed by atoms with Crippen LogP contribution in [0.2, 0.25) is 10.0 Å². The number of nitrogens with one attached hydrogen (secondary N) is 9. The van der Waals surface area contributed by atoms with E-state index >= 15 is 28.8 Å². The lowest BCUT2D eigenvalue weighted by atomic mass is 9.54. The van der Waals surface area contributed by atoms with Crippen LogP contribution >= 0.6 is 23.2 Å². The lowest BCUT2D eigenvalue weighted by molar-refractivity contribution is -0.270. The minimum absolute atomic E-state index is 0.0538. The second kappa shape index (κ2) is 33.7. The Bertz CT molecular complexity index is 4840.